The van der Waals surface area contributed by atoms with E-state index in [1.54, 1.807) is 19.9 Å². The first-order valence-corrected chi connectivity index (χ1v) is 12.3. The van der Waals surface area contributed by atoms with Crippen LogP contribution in [0.5, 0.6) is 0 Å². The Bertz CT molecular complexity index is 1200. The summed E-state index contributed by atoms with van der Waals surface area (Å²) in [5.41, 5.74) is 2.15. The van der Waals surface area contributed by atoms with Crippen LogP contribution in [0.1, 0.15) is 38.4 Å². The summed E-state index contributed by atoms with van der Waals surface area (Å²) in [6.45, 7) is 5.37. The summed E-state index contributed by atoms with van der Waals surface area (Å²) in [6.07, 6.45) is 1.80. The first-order chi connectivity index (χ1) is 15.3. The maximum atomic E-state index is 13.4. The highest BCUT2D eigenvalue weighted by atomic mass is 32.2. The lowest BCUT2D eigenvalue weighted by Crippen LogP contribution is -2.37. The highest BCUT2D eigenvalue weighted by molar-refractivity contribution is 7.89. The summed E-state index contributed by atoms with van der Waals surface area (Å²) in [5, 5.41) is 11.4. The van der Waals surface area contributed by atoms with Crippen molar-refractivity contribution in [1.82, 2.24) is 14.3 Å². The van der Waals surface area contributed by atoms with Gasteiger partial charge in [0.1, 0.15) is 10.7 Å². The van der Waals surface area contributed by atoms with Crippen LogP contribution in [0.15, 0.2) is 47.4 Å². The zero-order chi connectivity index (χ0) is 22.9. The van der Waals surface area contributed by atoms with Crippen LogP contribution in [0.3, 0.4) is 0 Å². The molecular formula is C22H27N5O4S. The molecule has 0 aliphatic carbocycles. The van der Waals surface area contributed by atoms with Gasteiger partial charge in [0.15, 0.2) is 0 Å². The van der Waals surface area contributed by atoms with Gasteiger partial charge in [-0.2, -0.15) is 4.31 Å². The number of aromatic nitrogens is 2. The smallest absolute Gasteiger partial charge is 0.270 e. The number of hydrogen-bond acceptors (Lipinski definition) is 6. The van der Waals surface area contributed by atoms with Gasteiger partial charge >= 0.3 is 0 Å². The summed E-state index contributed by atoms with van der Waals surface area (Å²) >= 11 is 0. The minimum absolute atomic E-state index is 0.0133. The lowest BCUT2D eigenvalue weighted by molar-refractivity contribution is -0.385. The van der Waals surface area contributed by atoms with E-state index in [0.29, 0.717) is 31.9 Å². The van der Waals surface area contributed by atoms with Crippen LogP contribution in [0.2, 0.25) is 0 Å². The molecular weight excluding hydrogens is 430 g/mol. The molecule has 170 valence electrons. The number of hydrogen-bond donors (Lipinski definition) is 1. The number of nitro benzene ring substituents is 1. The highest BCUT2D eigenvalue weighted by Gasteiger charge is 2.32. The molecule has 1 aromatic heterocycles. The van der Waals surface area contributed by atoms with Gasteiger partial charge in [-0.1, -0.05) is 26.0 Å². The largest absolute Gasteiger partial charge is 0.370 e. The van der Waals surface area contributed by atoms with Crippen molar-refractivity contribution >= 4 is 32.4 Å². The zero-order valence-corrected chi connectivity index (χ0v) is 19.0. The molecule has 1 atom stereocenters. The number of rotatable bonds is 7. The molecule has 0 amide bonds. The summed E-state index contributed by atoms with van der Waals surface area (Å²) in [7, 11) is -3.88. The fraction of sp³-hybridized carbons (Fsp3) is 0.409. The van der Waals surface area contributed by atoms with E-state index in [-0.39, 0.29) is 16.5 Å². The number of nitrogens with zero attached hydrogens (tertiary/aromatic N) is 4. The molecule has 1 aliphatic heterocycles. The summed E-state index contributed by atoms with van der Waals surface area (Å²) < 4.78 is 28.0. The fourth-order valence-electron chi connectivity index (χ4n) is 4.37. The number of fused-ring (bicyclic) bond motifs is 1. The van der Waals surface area contributed by atoms with E-state index in [1.165, 1.54) is 16.4 Å². The van der Waals surface area contributed by atoms with Crippen molar-refractivity contribution in [2.75, 3.05) is 31.1 Å². The quantitative estimate of drug-likeness (QED) is 0.425. The van der Waals surface area contributed by atoms with Crippen LogP contribution in [0.25, 0.3) is 11.0 Å². The minimum Gasteiger partial charge on any atom is -0.370 e. The van der Waals surface area contributed by atoms with Crippen LogP contribution < -0.4 is 4.90 Å². The SMILES string of the molecule is CCN(CC)S(=O)(=O)c1cc([N+](=O)[O-])ccc1N1CCC[C@H](c2nc3ccccc3[nH]2)C1. The van der Waals surface area contributed by atoms with Gasteiger partial charge in [0.2, 0.25) is 10.0 Å². The standard InChI is InChI=1S/C22H27N5O4S/c1-3-26(4-2)32(30,31)21-14-17(27(28)29)11-12-20(21)25-13-7-8-16(15-25)22-23-18-9-5-6-10-19(18)24-22/h5-6,9-12,14,16H,3-4,7-8,13,15H2,1-2H3,(H,23,24)/t16-/m0/s1. The molecule has 32 heavy (non-hydrogen) atoms. The average Bonchev–Trinajstić information content (AvgIpc) is 3.24. The normalized spacial score (nSPS) is 17.2. The van der Waals surface area contributed by atoms with Crippen molar-refractivity contribution in [1.29, 1.82) is 0 Å². The number of imidazole rings is 1. The van der Waals surface area contributed by atoms with Crippen molar-refractivity contribution in [3.63, 3.8) is 0 Å². The predicted octanol–water partition coefficient (Wildman–Crippen LogP) is 3.89. The number of nitrogens with one attached hydrogen (secondary N) is 1. The number of H-pyrrole nitrogens is 1. The molecule has 0 saturated carbocycles. The van der Waals surface area contributed by atoms with Gasteiger partial charge in [0.05, 0.1) is 21.6 Å². The topological polar surface area (TPSA) is 112 Å². The number of nitro groups is 1. The second kappa shape index (κ2) is 8.87. The Morgan fingerprint density at radius 2 is 1.97 bits per heavy atom. The fourth-order valence-corrected chi connectivity index (χ4v) is 6.06. The van der Waals surface area contributed by atoms with Crippen molar-refractivity contribution in [2.45, 2.75) is 37.5 Å². The maximum absolute atomic E-state index is 13.4. The average molecular weight is 458 g/mol. The van der Waals surface area contributed by atoms with Gasteiger partial charge < -0.3 is 9.88 Å². The predicted molar refractivity (Wildman–Crippen MR) is 123 cm³/mol. The maximum Gasteiger partial charge on any atom is 0.270 e. The Morgan fingerprint density at radius 3 is 2.66 bits per heavy atom. The summed E-state index contributed by atoms with van der Waals surface area (Å²) in [5.74, 6) is 0.987. The number of benzene rings is 2. The van der Waals surface area contributed by atoms with Crippen molar-refractivity contribution in [2.24, 2.45) is 0 Å². The van der Waals surface area contributed by atoms with E-state index >= 15 is 0 Å². The molecule has 0 radical (unpaired) electrons. The second-order valence-electron chi connectivity index (χ2n) is 7.92. The number of non-ortho nitro benzene ring substituents is 1. The molecule has 4 rings (SSSR count). The first-order valence-electron chi connectivity index (χ1n) is 10.8. The van der Waals surface area contributed by atoms with Crippen molar-refractivity contribution in [3.05, 3.63) is 58.4 Å². The molecule has 0 bridgehead atoms. The number of para-hydroxylation sites is 2. The third-order valence-corrected chi connectivity index (χ3v) is 8.11. The molecule has 3 aromatic rings. The molecule has 0 spiro atoms. The van der Waals surface area contributed by atoms with Crippen LogP contribution in [-0.2, 0) is 10.0 Å². The Labute approximate surface area is 187 Å². The van der Waals surface area contributed by atoms with Crippen LogP contribution >= 0.6 is 0 Å². The van der Waals surface area contributed by atoms with Crippen LogP contribution in [-0.4, -0.2) is 53.8 Å². The first kappa shape index (κ1) is 22.2. The Morgan fingerprint density at radius 1 is 1.22 bits per heavy atom. The lowest BCUT2D eigenvalue weighted by Gasteiger charge is -2.35. The number of anilines is 1. The molecule has 2 aromatic carbocycles. The molecule has 2 heterocycles. The molecule has 1 aliphatic rings. The van der Waals surface area contributed by atoms with Gasteiger partial charge in [0.25, 0.3) is 5.69 Å². The van der Waals surface area contributed by atoms with Crippen LogP contribution in [0, 0.1) is 10.1 Å². The van der Waals surface area contributed by atoms with Gasteiger partial charge in [-0.15, -0.1) is 0 Å². The Kier molecular flexibility index (Phi) is 6.16. The molecule has 1 fully saturated rings. The molecule has 1 saturated heterocycles. The summed E-state index contributed by atoms with van der Waals surface area (Å²) in [6, 6.07) is 12.0. The third kappa shape index (κ3) is 4.07. The van der Waals surface area contributed by atoms with Gasteiger partial charge in [0, 0.05) is 44.2 Å². The summed E-state index contributed by atoms with van der Waals surface area (Å²) in [4.78, 5) is 20.9. The highest BCUT2D eigenvalue weighted by Crippen LogP contribution is 2.36. The van der Waals surface area contributed by atoms with Gasteiger partial charge in [-0.3, -0.25) is 10.1 Å². The Balaban J connectivity index is 1.72. The van der Waals surface area contributed by atoms with Crippen molar-refractivity contribution in [3.8, 4) is 0 Å². The Hall–Kier alpha value is -2.98. The van der Waals surface area contributed by atoms with E-state index in [0.717, 1.165) is 29.7 Å². The molecule has 0 unspecified atom stereocenters. The zero-order valence-electron chi connectivity index (χ0n) is 18.2. The van der Waals surface area contributed by atoms with Gasteiger partial charge in [-0.05, 0) is 31.0 Å². The number of sulfonamides is 1. The number of aromatic amines is 1. The van der Waals surface area contributed by atoms with E-state index < -0.39 is 14.9 Å². The second-order valence-corrected chi connectivity index (χ2v) is 9.83. The molecule has 1 N–H and O–H groups in total. The van der Waals surface area contributed by atoms with Crippen molar-refractivity contribution < 1.29 is 13.3 Å². The van der Waals surface area contributed by atoms with E-state index in [2.05, 4.69) is 4.98 Å². The van der Waals surface area contributed by atoms with E-state index in [4.69, 9.17) is 4.98 Å². The minimum atomic E-state index is -3.88. The lowest BCUT2D eigenvalue weighted by atomic mass is 9.97. The van der Waals surface area contributed by atoms with Gasteiger partial charge in [-0.25, -0.2) is 13.4 Å². The van der Waals surface area contributed by atoms with Crippen LogP contribution in [0.4, 0.5) is 11.4 Å². The molecule has 10 heteroatoms. The van der Waals surface area contributed by atoms with E-state index in [9.17, 15) is 18.5 Å². The van der Waals surface area contributed by atoms with E-state index in [1.807, 2.05) is 29.2 Å². The monoisotopic (exact) mass is 457 g/mol. The molecule has 9 nitrogen and oxygen atoms in total. The number of piperidine rings is 1. The third-order valence-electron chi connectivity index (χ3n) is 6.03.